The Morgan fingerprint density at radius 2 is 2.10 bits per heavy atom. The highest BCUT2D eigenvalue weighted by atomic mass is 19.3. The predicted octanol–water partition coefficient (Wildman–Crippen LogP) is 1.68. The van der Waals surface area contributed by atoms with Crippen molar-refractivity contribution in [3.63, 3.8) is 0 Å². The largest absolute Gasteiger partial charge is 0.466 e. The molecule has 2 rings (SSSR count). The highest BCUT2D eigenvalue weighted by Gasteiger charge is 2.52. The van der Waals surface area contributed by atoms with Gasteiger partial charge in [0.05, 0.1) is 13.2 Å². The van der Waals surface area contributed by atoms with Gasteiger partial charge in [-0.3, -0.25) is 9.69 Å². The van der Waals surface area contributed by atoms with Crippen LogP contribution in [0.2, 0.25) is 0 Å². The fourth-order valence-corrected chi connectivity index (χ4v) is 2.54. The summed E-state index contributed by atoms with van der Waals surface area (Å²) in [5.41, 5.74) is 0.882. The smallest absolute Gasteiger partial charge is 0.313 e. The van der Waals surface area contributed by atoms with Crippen LogP contribution in [0.5, 0.6) is 0 Å². The number of aliphatic hydroxyl groups excluding tert-OH is 1. The van der Waals surface area contributed by atoms with Crippen LogP contribution in [0.1, 0.15) is 12.5 Å². The second-order valence-corrected chi connectivity index (χ2v) is 5.22. The van der Waals surface area contributed by atoms with Gasteiger partial charge in [0.1, 0.15) is 12.0 Å². The van der Waals surface area contributed by atoms with Gasteiger partial charge in [-0.25, -0.2) is 8.78 Å². The van der Waals surface area contributed by atoms with E-state index >= 15 is 0 Å². The van der Waals surface area contributed by atoms with E-state index in [4.69, 9.17) is 4.74 Å². The number of carbonyl (C=O) groups excluding carboxylic acids is 1. The van der Waals surface area contributed by atoms with E-state index < -0.39 is 30.5 Å². The topological polar surface area (TPSA) is 49.8 Å². The zero-order valence-corrected chi connectivity index (χ0v) is 11.8. The van der Waals surface area contributed by atoms with Gasteiger partial charge in [-0.2, -0.15) is 0 Å². The van der Waals surface area contributed by atoms with Gasteiger partial charge >= 0.3 is 5.97 Å². The second kappa shape index (κ2) is 6.49. The van der Waals surface area contributed by atoms with Crippen LogP contribution < -0.4 is 0 Å². The first kappa shape index (κ1) is 15.9. The molecule has 0 radical (unpaired) electrons. The Hall–Kier alpha value is -1.53. The first-order valence-electron chi connectivity index (χ1n) is 6.93. The van der Waals surface area contributed by atoms with Crippen LogP contribution in [0.25, 0.3) is 0 Å². The SMILES string of the molecule is CCOC(=O)[C@@H]1CN(Cc2ccccc2)CC(F)(F)[C@H]1O. The van der Waals surface area contributed by atoms with Crippen molar-refractivity contribution in [3.05, 3.63) is 35.9 Å². The molecule has 0 aromatic heterocycles. The van der Waals surface area contributed by atoms with Gasteiger partial charge in [0.25, 0.3) is 5.92 Å². The van der Waals surface area contributed by atoms with Crippen molar-refractivity contribution in [3.8, 4) is 0 Å². The lowest BCUT2D eigenvalue weighted by Gasteiger charge is -2.40. The van der Waals surface area contributed by atoms with Crippen LogP contribution in [0.4, 0.5) is 8.78 Å². The van der Waals surface area contributed by atoms with Gasteiger partial charge in [-0.15, -0.1) is 0 Å². The van der Waals surface area contributed by atoms with Gasteiger partial charge in [0.2, 0.25) is 0 Å². The molecule has 1 aromatic carbocycles. The van der Waals surface area contributed by atoms with Crippen molar-refractivity contribution >= 4 is 5.97 Å². The molecule has 1 heterocycles. The molecule has 1 aliphatic rings. The summed E-state index contributed by atoms with van der Waals surface area (Å²) in [7, 11) is 0. The summed E-state index contributed by atoms with van der Waals surface area (Å²) in [6.07, 6.45) is -2.00. The van der Waals surface area contributed by atoms with Gasteiger partial charge < -0.3 is 9.84 Å². The Labute approximate surface area is 122 Å². The Balaban J connectivity index is 2.11. The number of rotatable bonds is 4. The molecule has 4 nitrogen and oxygen atoms in total. The monoisotopic (exact) mass is 299 g/mol. The molecule has 2 atom stereocenters. The second-order valence-electron chi connectivity index (χ2n) is 5.22. The van der Waals surface area contributed by atoms with Gasteiger partial charge in [0.15, 0.2) is 0 Å². The average Bonchev–Trinajstić information content (AvgIpc) is 2.43. The number of aliphatic hydroxyl groups is 1. The molecular weight excluding hydrogens is 280 g/mol. The van der Waals surface area contributed by atoms with Crippen molar-refractivity contribution < 1.29 is 23.4 Å². The van der Waals surface area contributed by atoms with Crippen molar-refractivity contribution in [1.82, 2.24) is 4.90 Å². The Bertz CT molecular complexity index is 481. The molecule has 0 aliphatic carbocycles. The molecule has 0 amide bonds. The fraction of sp³-hybridized carbons (Fsp3) is 0.533. The Morgan fingerprint density at radius 1 is 1.43 bits per heavy atom. The first-order valence-corrected chi connectivity index (χ1v) is 6.93. The molecule has 21 heavy (non-hydrogen) atoms. The van der Waals surface area contributed by atoms with Crippen LogP contribution in [0, 0.1) is 5.92 Å². The minimum atomic E-state index is -3.33. The van der Waals surface area contributed by atoms with Gasteiger partial charge in [-0.05, 0) is 12.5 Å². The van der Waals surface area contributed by atoms with E-state index in [1.54, 1.807) is 6.92 Å². The summed E-state index contributed by atoms with van der Waals surface area (Å²) in [6, 6.07) is 9.18. The molecule has 1 fully saturated rings. The third kappa shape index (κ3) is 3.77. The summed E-state index contributed by atoms with van der Waals surface area (Å²) in [6.45, 7) is 1.50. The summed E-state index contributed by atoms with van der Waals surface area (Å²) in [4.78, 5) is 13.2. The van der Waals surface area contributed by atoms with Crippen molar-refractivity contribution in [2.75, 3.05) is 19.7 Å². The summed E-state index contributed by atoms with van der Waals surface area (Å²) in [5.74, 6) is -5.33. The number of hydrogen-bond donors (Lipinski definition) is 1. The van der Waals surface area contributed by atoms with E-state index in [0.717, 1.165) is 5.56 Å². The normalized spacial score (nSPS) is 25.5. The van der Waals surface area contributed by atoms with Crippen LogP contribution in [0.3, 0.4) is 0 Å². The maximum Gasteiger partial charge on any atom is 0.313 e. The third-order valence-electron chi connectivity index (χ3n) is 3.54. The van der Waals surface area contributed by atoms with Crippen molar-refractivity contribution in [2.24, 2.45) is 5.92 Å². The summed E-state index contributed by atoms with van der Waals surface area (Å²) in [5, 5.41) is 9.70. The van der Waals surface area contributed by atoms with Crippen molar-refractivity contribution in [2.45, 2.75) is 25.5 Å². The van der Waals surface area contributed by atoms with Gasteiger partial charge in [-0.1, -0.05) is 30.3 Å². The summed E-state index contributed by atoms with van der Waals surface area (Å²) < 4.78 is 32.6. The molecule has 1 aromatic rings. The Kier molecular flexibility index (Phi) is 4.90. The minimum absolute atomic E-state index is 0.0600. The molecule has 1 N–H and O–H groups in total. The number of hydrogen-bond acceptors (Lipinski definition) is 4. The number of nitrogens with zero attached hydrogens (tertiary/aromatic N) is 1. The molecule has 0 bridgehead atoms. The van der Waals surface area contributed by atoms with E-state index in [0.29, 0.717) is 6.54 Å². The molecule has 0 unspecified atom stereocenters. The van der Waals surface area contributed by atoms with Crippen LogP contribution >= 0.6 is 0 Å². The lowest BCUT2D eigenvalue weighted by atomic mass is 9.91. The molecule has 1 aliphatic heterocycles. The minimum Gasteiger partial charge on any atom is -0.466 e. The molecule has 0 spiro atoms. The lowest BCUT2D eigenvalue weighted by Crippen LogP contribution is -2.58. The van der Waals surface area contributed by atoms with Crippen molar-refractivity contribution in [1.29, 1.82) is 0 Å². The van der Waals surface area contributed by atoms with Crippen LogP contribution in [0.15, 0.2) is 30.3 Å². The van der Waals surface area contributed by atoms with E-state index in [2.05, 4.69) is 0 Å². The first-order chi connectivity index (χ1) is 9.94. The standard InChI is InChI=1S/C15H19F2NO3/c1-2-21-14(20)12-9-18(10-15(16,17)13(12)19)8-11-6-4-3-5-7-11/h3-7,12-13,19H,2,8-10H2,1H3/t12-,13+/m1/s1. The molecular formula is C15H19F2NO3. The number of benzene rings is 1. The predicted molar refractivity (Wildman–Crippen MR) is 72.8 cm³/mol. The number of carbonyl (C=O) groups is 1. The maximum atomic E-state index is 13.9. The highest BCUT2D eigenvalue weighted by molar-refractivity contribution is 5.73. The third-order valence-corrected chi connectivity index (χ3v) is 3.54. The molecule has 116 valence electrons. The van der Waals surface area contributed by atoms with Crippen LogP contribution in [-0.4, -0.2) is 47.7 Å². The quantitative estimate of drug-likeness (QED) is 0.859. The van der Waals surface area contributed by atoms with E-state index in [9.17, 15) is 18.7 Å². The average molecular weight is 299 g/mol. The molecule has 6 heteroatoms. The van der Waals surface area contributed by atoms with E-state index in [1.165, 1.54) is 4.90 Å². The number of piperidine rings is 1. The Morgan fingerprint density at radius 3 is 2.71 bits per heavy atom. The van der Waals surface area contributed by atoms with Gasteiger partial charge in [0, 0.05) is 13.1 Å². The highest BCUT2D eigenvalue weighted by Crippen LogP contribution is 2.32. The fourth-order valence-electron chi connectivity index (χ4n) is 2.54. The maximum absolute atomic E-state index is 13.9. The number of ether oxygens (including phenoxy) is 1. The number of likely N-dealkylation sites (tertiary alicyclic amines) is 1. The number of esters is 1. The molecule has 0 saturated carbocycles. The zero-order chi connectivity index (χ0) is 15.5. The summed E-state index contributed by atoms with van der Waals surface area (Å²) >= 11 is 0. The zero-order valence-electron chi connectivity index (χ0n) is 11.8. The van der Waals surface area contributed by atoms with E-state index in [-0.39, 0.29) is 13.2 Å². The molecule has 1 saturated heterocycles. The van der Waals surface area contributed by atoms with E-state index in [1.807, 2.05) is 30.3 Å². The number of alkyl halides is 2. The van der Waals surface area contributed by atoms with Crippen LogP contribution in [-0.2, 0) is 16.1 Å². The lowest BCUT2D eigenvalue weighted by molar-refractivity contribution is -0.194. The number of halogens is 2.